The van der Waals surface area contributed by atoms with Gasteiger partial charge in [0, 0.05) is 0 Å². The molecule has 56 valence electrons. The molecular weight excluding hydrogens is 184 g/mol. The molecule has 10 heavy (non-hydrogen) atoms. The molecule has 0 amide bonds. The van der Waals surface area contributed by atoms with E-state index in [4.69, 9.17) is 21.3 Å². The van der Waals surface area contributed by atoms with Crippen LogP contribution in [0.25, 0.3) is 10.4 Å². The van der Waals surface area contributed by atoms with Crippen molar-refractivity contribution >= 4 is 0 Å². The van der Waals surface area contributed by atoms with Gasteiger partial charge >= 0.3 is 58.3 Å². The van der Waals surface area contributed by atoms with Crippen molar-refractivity contribution in [2.45, 2.75) is 0 Å². The van der Waals surface area contributed by atoms with Crippen molar-refractivity contribution in [2.24, 2.45) is 4.13 Å². The first-order chi connectivity index (χ1) is 4.74. The van der Waals surface area contributed by atoms with Gasteiger partial charge in [-0.1, -0.05) is 0 Å². The second-order valence-corrected chi connectivity index (χ2v) is 2.94. The number of azide groups is 1. The topological polar surface area (TPSA) is 120 Å². The van der Waals surface area contributed by atoms with E-state index in [2.05, 4.69) is 9.04 Å². The Bertz CT molecular complexity index is 256. The van der Waals surface area contributed by atoms with Crippen molar-refractivity contribution in [1.82, 2.24) is 0 Å². The molecule has 7 heteroatoms. The first-order valence-corrected chi connectivity index (χ1v) is 3.49. The van der Waals surface area contributed by atoms with E-state index in [0.717, 1.165) is 0 Å². The summed E-state index contributed by atoms with van der Waals surface area (Å²) in [6.45, 7) is 0. The van der Waals surface area contributed by atoms with Crippen LogP contribution < -0.4 is 0 Å². The normalized spacial score (nSPS) is 9.30. The zero-order valence-corrected chi connectivity index (χ0v) is 5.43. The Kier molecular flexibility index (Phi) is 2.78. The molecule has 6 nitrogen and oxygen atoms in total. The molecular formula is C3CuN6-3. The van der Waals surface area contributed by atoms with Gasteiger partial charge in [-0.15, -0.1) is 0 Å². The van der Waals surface area contributed by atoms with Crippen molar-refractivity contribution in [3.8, 4) is 14.9 Å². The van der Waals surface area contributed by atoms with Gasteiger partial charge in [-0.05, 0) is 0 Å². The molecule has 0 radical (unpaired) electrons. The first kappa shape index (κ1) is 8.30. The van der Waals surface area contributed by atoms with Crippen LogP contribution in [0, 0.1) is 30.7 Å². The van der Waals surface area contributed by atoms with Gasteiger partial charge < -0.3 is 0 Å². The fourth-order valence-corrected chi connectivity index (χ4v) is 0.520. The Hall–Kier alpha value is -1.70. The average Bonchev–Trinajstić information content (AvgIpc) is 2.01. The summed E-state index contributed by atoms with van der Waals surface area (Å²) >= 11 is -2.98. The van der Waals surface area contributed by atoms with Crippen molar-refractivity contribution in [3.05, 3.63) is 10.4 Å². The van der Waals surface area contributed by atoms with E-state index >= 15 is 0 Å². The summed E-state index contributed by atoms with van der Waals surface area (Å²) in [6, 6.07) is 0. The van der Waals surface area contributed by atoms with Crippen LogP contribution in [0.5, 0.6) is 0 Å². The van der Waals surface area contributed by atoms with Crippen LogP contribution in [0.1, 0.15) is 0 Å². The summed E-state index contributed by atoms with van der Waals surface area (Å²) in [7, 11) is 0. The Labute approximate surface area is 59.0 Å². The van der Waals surface area contributed by atoms with Gasteiger partial charge in [0.05, 0.1) is 0 Å². The minimum atomic E-state index is -2.98. The van der Waals surface area contributed by atoms with Crippen molar-refractivity contribution < 1.29 is 13.1 Å². The van der Waals surface area contributed by atoms with Crippen LogP contribution in [0.2, 0.25) is 0 Å². The molecule has 0 saturated heterocycles. The van der Waals surface area contributed by atoms with Crippen LogP contribution in [0.3, 0.4) is 0 Å². The Morgan fingerprint density at radius 2 is 1.60 bits per heavy atom. The van der Waals surface area contributed by atoms with Crippen LogP contribution in [-0.2, 0) is 13.1 Å². The number of rotatable bonds is 1. The quantitative estimate of drug-likeness (QED) is 0.259. The molecule has 0 bridgehead atoms. The maximum absolute atomic E-state index is 8.18. The summed E-state index contributed by atoms with van der Waals surface area (Å²) in [5.74, 6) is 0. The first-order valence-electron chi connectivity index (χ1n) is 1.66. The van der Waals surface area contributed by atoms with Gasteiger partial charge in [-0.25, -0.2) is 0 Å². The second kappa shape index (κ2) is 3.35. The molecule has 0 aromatic heterocycles. The SMILES string of the molecule is N#[C][Cu-3]([C]#N)([C]#N)[N]=[N+]=[N-]. The molecule has 0 aromatic carbocycles. The van der Waals surface area contributed by atoms with Crippen LogP contribution in [0.15, 0.2) is 4.13 Å². The summed E-state index contributed by atoms with van der Waals surface area (Å²) in [4.78, 5) is 6.27. The van der Waals surface area contributed by atoms with Gasteiger partial charge in [0.2, 0.25) is 0 Å². The molecule has 0 spiro atoms. The van der Waals surface area contributed by atoms with Gasteiger partial charge in [-0.2, -0.15) is 0 Å². The Balaban J connectivity index is 4.99. The molecule has 0 N–H and O–H groups in total. The average molecular weight is 184 g/mol. The second-order valence-electron chi connectivity index (χ2n) is 0.780. The number of hydrogen-bond acceptors (Lipinski definition) is 4. The van der Waals surface area contributed by atoms with E-state index in [-0.39, 0.29) is 0 Å². The van der Waals surface area contributed by atoms with Crippen molar-refractivity contribution in [2.75, 3.05) is 0 Å². The van der Waals surface area contributed by atoms with Crippen LogP contribution in [0.4, 0.5) is 0 Å². The molecule has 0 aliphatic heterocycles. The van der Waals surface area contributed by atoms with Gasteiger partial charge in [0.25, 0.3) is 0 Å². The van der Waals surface area contributed by atoms with E-state index in [0.29, 0.717) is 0 Å². The predicted molar refractivity (Wildman–Crippen MR) is 26.0 cm³/mol. The summed E-state index contributed by atoms with van der Waals surface area (Å²) in [5, 5.41) is 24.5. The van der Waals surface area contributed by atoms with Gasteiger partial charge in [0.15, 0.2) is 0 Å². The molecule has 0 aliphatic rings. The molecule has 0 rings (SSSR count). The monoisotopic (exact) mass is 183 g/mol. The molecule has 0 atom stereocenters. The van der Waals surface area contributed by atoms with Gasteiger partial charge in [-0.3, -0.25) is 0 Å². The molecule has 0 aromatic rings. The maximum atomic E-state index is 8.18. The third-order valence-electron chi connectivity index (χ3n) is 0.410. The fourth-order valence-electron chi connectivity index (χ4n) is 0.126. The fraction of sp³-hybridized carbons (Fsp3) is 0. The molecule has 0 heterocycles. The van der Waals surface area contributed by atoms with Crippen molar-refractivity contribution in [1.29, 1.82) is 15.8 Å². The van der Waals surface area contributed by atoms with E-state index in [1.54, 1.807) is 0 Å². The summed E-state index contributed by atoms with van der Waals surface area (Å²) in [5.41, 5.74) is 7.82. The standard InChI is InChI=1S/3CN.Cu.N3/c3*1-2;;1-3-2/q;;;-2;-1. The van der Waals surface area contributed by atoms with Crippen LogP contribution >= 0.6 is 0 Å². The Morgan fingerprint density at radius 1 is 1.20 bits per heavy atom. The summed E-state index contributed by atoms with van der Waals surface area (Å²) in [6.07, 6.45) is 0. The number of nitrogens with zero attached hydrogens (tertiary/aromatic N) is 6. The molecule has 0 aliphatic carbocycles. The third kappa shape index (κ3) is 1.39. The van der Waals surface area contributed by atoms with Crippen LogP contribution in [-0.4, -0.2) is 0 Å². The minimum absolute atomic E-state index is 1.35. The van der Waals surface area contributed by atoms with E-state index in [1.807, 2.05) is 0 Å². The molecule has 0 saturated carbocycles. The zero-order chi connectivity index (χ0) is 8.04. The number of nitriles is 3. The van der Waals surface area contributed by atoms with Crippen molar-refractivity contribution in [3.63, 3.8) is 0 Å². The Morgan fingerprint density at radius 3 is 1.70 bits per heavy atom. The molecule has 0 unspecified atom stereocenters. The number of hydrogen-bond donors (Lipinski definition) is 0. The van der Waals surface area contributed by atoms with E-state index in [9.17, 15) is 0 Å². The van der Waals surface area contributed by atoms with Gasteiger partial charge in [0.1, 0.15) is 0 Å². The predicted octanol–water partition coefficient (Wildman–Crippen LogP) is 0.809. The van der Waals surface area contributed by atoms with E-state index in [1.165, 1.54) is 14.9 Å². The van der Waals surface area contributed by atoms with E-state index < -0.39 is 13.1 Å². The third-order valence-corrected chi connectivity index (χ3v) is 1.69. The summed E-state index contributed by atoms with van der Waals surface area (Å²) < 4.78 is 2.79. The molecule has 0 fully saturated rings. The zero-order valence-electron chi connectivity index (χ0n) is 4.48.